The fraction of sp³-hybridized carbons (Fsp3) is 0.520. The van der Waals surface area contributed by atoms with E-state index in [1.54, 1.807) is 13.8 Å². The van der Waals surface area contributed by atoms with E-state index in [1.165, 1.54) is 0 Å². The maximum atomic E-state index is 13.3. The van der Waals surface area contributed by atoms with E-state index >= 15 is 0 Å². The van der Waals surface area contributed by atoms with Crippen molar-refractivity contribution < 1.29 is 31.1 Å². The molecule has 38 heavy (non-hydrogen) atoms. The second-order valence-corrected chi connectivity index (χ2v) is 11.1. The Kier molecular flexibility index (Phi) is 10.5. The van der Waals surface area contributed by atoms with Crippen LogP contribution in [0.2, 0.25) is 0 Å². The molecule has 1 amide bonds. The Morgan fingerprint density at radius 3 is 2.63 bits per heavy atom. The van der Waals surface area contributed by atoms with Crippen molar-refractivity contribution in [1.82, 2.24) is 19.9 Å². The number of nitrogens with one attached hydrogen (secondary N) is 3. The Morgan fingerprint density at radius 1 is 1.21 bits per heavy atom. The third-order valence-electron chi connectivity index (χ3n) is 5.91. The van der Waals surface area contributed by atoms with E-state index < -0.39 is 32.8 Å². The number of halogens is 3. The van der Waals surface area contributed by atoms with E-state index in [9.17, 15) is 26.4 Å². The lowest BCUT2D eigenvalue weighted by atomic mass is 10.2. The third-order valence-corrected chi connectivity index (χ3v) is 7.35. The minimum Gasteiger partial charge on any atom is -0.374 e. The van der Waals surface area contributed by atoms with E-state index in [-0.39, 0.29) is 30.7 Å². The lowest BCUT2D eigenvalue weighted by Gasteiger charge is -2.33. The van der Waals surface area contributed by atoms with Gasteiger partial charge in [-0.05, 0) is 18.1 Å². The van der Waals surface area contributed by atoms with E-state index in [2.05, 4.69) is 25.2 Å². The van der Waals surface area contributed by atoms with Crippen LogP contribution in [0.3, 0.4) is 0 Å². The van der Waals surface area contributed by atoms with Crippen LogP contribution in [0.1, 0.15) is 31.4 Å². The smallest absolute Gasteiger partial charge is 0.374 e. The highest BCUT2D eigenvalue weighted by Gasteiger charge is 2.34. The summed E-state index contributed by atoms with van der Waals surface area (Å²) in [5, 5.41) is 5.51. The Bertz CT molecular complexity index is 1160. The quantitative estimate of drug-likeness (QED) is 0.344. The minimum atomic E-state index is -4.76. The molecule has 0 bridgehead atoms. The first-order valence-corrected chi connectivity index (χ1v) is 13.9. The topological polar surface area (TPSA) is 113 Å². The number of amides is 1. The molecule has 1 aromatic heterocycles. The van der Waals surface area contributed by atoms with Crippen LogP contribution in [0.5, 0.6) is 0 Å². The van der Waals surface area contributed by atoms with Crippen LogP contribution in [0.15, 0.2) is 47.5 Å². The molecule has 13 heteroatoms. The average molecular weight is 558 g/mol. The second-order valence-electron chi connectivity index (χ2n) is 9.36. The predicted octanol–water partition coefficient (Wildman–Crippen LogP) is 2.85. The Morgan fingerprint density at radius 2 is 1.95 bits per heavy atom. The summed E-state index contributed by atoms with van der Waals surface area (Å²) in [6, 6.07) is 10.4. The van der Waals surface area contributed by atoms with Gasteiger partial charge in [-0.25, -0.2) is 18.1 Å². The largest absolute Gasteiger partial charge is 0.417 e. The van der Waals surface area contributed by atoms with Crippen LogP contribution in [0, 0.1) is 5.92 Å². The number of ether oxygens (including phenoxy) is 1. The summed E-state index contributed by atoms with van der Waals surface area (Å²) in [6.45, 7) is 6.15. The zero-order valence-electron chi connectivity index (χ0n) is 21.4. The van der Waals surface area contributed by atoms with Crippen molar-refractivity contribution in [2.45, 2.75) is 44.0 Å². The average Bonchev–Trinajstić information content (AvgIpc) is 2.87. The highest BCUT2D eigenvalue weighted by Crippen LogP contribution is 2.32. The molecule has 1 aliphatic rings. The summed E-state index contributed by atoms with van der Waals surface area (Å²) in [5.41, 5.74) is -0.0566. The molecule has 9 nitrogen and oxygen atoms in total. The third kappa shape index (κ3) is 8.93. The van der Waals surface area contributed by atoms with Gasteiger partial charge in [-0.15, -0.1) is 0 Å². The van der Waals surface area contributed by atoms with Crippen molar-refractivity contribution in [2.24, 2.45) is 5.92 Å². The molecule has 1 unspecified atom stereocenters. The molecule has 3 N–H and O–H groups in total. The fourth-order valence-corrected chi connectivity index (χ4v) is 5.04. The monoisotopic (exact) mass is 557 g/mol. The number of anilines is 1. The summed E-state index contributed by atoms with van der Waals surface area (Å²) in [4.78, 5) is 16.9. The van der Waals surface area contributed by atoms with Crippen LogP contribution in [-0.2, 0) is 32.3 Å². The molecule has 0 spiro atoms. The number of hydrogen-bond donors (Lipinski definition) is 3. The van der Waals surface area contributed by atoms with Crippen molar-refractivity contribution in [3.63, 3.8) is 0 Å². The summed E-state index contributed by atoms with van der Waals surface area (Å²) in [6.07, 6.45) is -4.22. The van der Waals surface area contributed by atoms with Crippen molar-refractivity contribution in [2.75, 3.05) is 44.6 Å². The Hall–Kier alpha value is -2.74. The van der Waals surface area contributed by atoms with Crippen LogP contribution in [-0.4, -0.2) is 69.6 Å². The number of benzene rings is 1. The predicted molar refractivity (Wildman–Crippen MR) is 137 cm³/mol. The molecule has 0 saturated carbocycles. The van der Waals surface area contributed by atoms with Gasteiger partial charge in [0.05, 0.1) is 18.3 Å². The van der Waals surface area contributed by atoms with Crippen LogP contribution < -0.4 is 15.4 Å². The van der Waals surface area contributed by atoms with Gasteiger partial charge in [0.2, 0.25) is 15.9 Å². The summed E-state index contributed by atoms with van der Waals surface area (Å²) in [7, 11) is -4.36. The highest BCUT2D eigenvalue weighted by atomic mass is 32.2. The number of hydrogen-bond acceptors (Lipinski definition) is 7. The minimum absolute atomic E-state index is 0.107. The van der Waals surface area contributed by atoms with Gasteiger partial charge in [0.1, 0.15) is 10.7 Å². The molecule has 2 aromatic rings. The van der Waals surface area contributed by atoms with Gasteiger partial charge >= 0.3 is 6.18 Å². The number of alkyl halides is 3. The molecule has 3 rings (SSSR count). The molecule has 1 atom stereocenters. The molecule has 210 valence electrons. The highest BCUT2D eigenvalue weighted by molar-refractivity contribution is 7.89. The number of carbonyl (C=O) groups excluding carboxylic acids is 1. The van der Waals surface area contributed by atoms with E-state index in [0.717, 1.165) is 5.56 Å². The molecule has 1 aliphatic heterocycles. The van der Waals surface area contributed by atoms with Crippen molar-refractivity contribution in [3.05, 3.63) is 53.7 Å². The first-order valence-electron chi connectivity index (χ1n) is 12.4. The van der Waals surface area contributed by atoms with Gasteiger partial charge in [-0.3, -0.25) is 9.69 Å². The van der Waals surface area contributed by atoms with Crippen LogP contribution >= 0.6 is 0 Å². The van der Waals surface area contributed by atoms with Gasteiger partial charge in [0.15, 0.2) is 0 Å². The summed E-state index contributed by atoms with van der Waals surface area (Å²) in [5.74, 6) is -0.505. The summed E-state index contributed by atoms with van der Waals surface area (Å²) < 4.78 is 74.3. The van der Waals surface area contributed by atoms with Gasteiger partial charge in [0, 0.05) is 51.4 Å². The lowest BCUT2D eigenvalue weighted by molar-refractivity contribution is -0.138. The molecule has 1 aromatic carbocycles. The Balaban J connectivity index is 1.64. The molecule has 2 heterocycles. The van der Waals surface area contributed by atoms with E-state index in [0.29, 0.717) is 51.5 Å². The first kappa shape index (κ1) is 29.8. The number of carbonyl (C=O) groups is 1. The Labute approximate surface area is 221 Å². The zero-order chi connectivity index (χ0) is 27.8. The summed E-state index contributed by atoms with van der Waals surface area (Å²) >= 11 is 0. The SMILES string of the molecule is CC(C)C(=O)NCCCNc1ncc(C(F)(F)F)cc1S(=O)(=O)NCC1CN(Cc2ccccc2)CCO1. The number of morpholine rings is 1. The lowest BCUT2D eigenvalue weighted by Crippen LogP contribution is -2.47. The normalized spacial score (nSPS) is 16.9. The second kappa shape index (κ2) is 13.4. The standard InChI is InChI=1S/C25H34F3N5O4S/c1-18(2)24(34)30-10-6-9-29-23-22(13-20(14-31-23)25(26,27)28)38(35,36)32-15-21-17-33(11-12-37-21)16-19-7-4-3-5-8-19/h3-5,7-8,13-14,18,21,32H,6,9-12,15-17H2,1-2H3,(H,29,31)(H,30,34). The fourth-order valence-electron chi connectivity index (χ4n) is 3.82. The molecule has 1 fully saturated rings. The number of aromatic nitrogens is 1. The molecular formula is C25H34F3N5O4S. The maximum Gasteiger partial charge on any atom is 0.417 e. The maximum absolute atomic E-state index is 13.3. The number of nitrogens with zero attached hydrogens (tertiary/aromatic N) is 2. The zero-order valence-corrected chi connectivity index (χ0v) is 22.2. The molecule has 0 aliphatic carbocycles. The number of pyridine rings is 1. The van der Waals surface area contributed by atoms with Gasteiger partial charge in [-0.1, -0.05) is 44.2 Å². The van der Waals surface area contributed by atoms with Gasteiger partial charge < -0.3 is 15.4 Å². The molecule has 0 radical (unpaired) electrons. The van der Waals surface area contributed by atoms with Gasteiger partial charge in [-0.2, -0.15) is 13.2 Å². The first-order chi connectivity index (χ1) is 18.0. The van der Waals surface area contributed by atoms with Crippen molar-refractivity contribution in [1.29, 1.82) is 0 Å². The van der Waals surface area contributed by atoms with Crippen LogP contribution in [0.25, 0.3) is 0 Å². The molecule has 1 saturated heterocycles. The van der Waals surface area contributed by atoms with Crippen LogP contribution in [0.4, 0.5) is 19.0 Å². The number of sulfonamides is 1. The van der Waals surface area contributed by atoms with Crippen molar-refractivity contribution in [3.8, 4) is 0 Å². The van der Waals surface area contributed by atoms with Crippen molar-refractivity contribution >= 4 is 21.7 Å². The number of rotatable bonds is 12. The van der Waals surface area contributed by atoms with Gasteiger partial charge in [0.25, 0.3) is 0 Å². The molecular weight excluding hydrogens is 523 g/mol. The van der Waals surface area contributed by atoms with E-state index in [4.69, 9.17) is 4.74 Å². The van der Waals surface area contributed by atoms with E-state index in [1.807, 2.05) is 30.3 Å².